The van der Waals surface area contributed by atoms with E-state index in [4.69, 9.17) is 14.2 Å². The number of fused-ring (bicyclic) bond motifs is 4. The third-order valence-corrected chi connectivity index (χ3v) is 10.5. The van der Waals surface area contributed by atoms with E-state index >= 15 is 0 Å². The van der Waals surface area contributed by atoms with Crippen molar-refractivity contribution in [2.45, 2.75) is 110 Å². The van der Waals surface area contributed by atoms with Crippen LogP contribution in [0.25, 0.3) is 0 Å². The lowest BCUT2D eigenvalue weighted by atomic mass is 9.54. The average Bonchev–Trinajstić information content (AvgIpc) is 3.50. The summed E-state index contributed by atoms with van der Waals surface area (Å²) in [6.07, 6.45) is 4.84. The first kappa shape index (κ1) is 25.6. The molecule has 0 aromatic heterocycles. The summed E-state index contributed by atoms with van der Waals surface area (Å²) in [7, 11) is 0. The number of epoxide rings is 1. The molecular formula is C29H40O7. The molecule has 0 amide bonds. The maximum atomic E-state index is 13.3. The zero-order chi connectivity index (χ0) is 25.9. The lowest BCUT2D eigenvalue weighted by Gasteiger charge is -2.50. The monoisotopic (exact) mass is 500 g/mol. The van der Waals surface area contributed by atoms with Gasteiger partial charge in [-0.05, 0) is 81.5 Å². The molecule has 2 aliphatic heterocycles. The summed E-state index contributed by atoms with van der Waals surface area (Å²) in [5, 5.41) is 0. The molecule has 1 saturated heterocycles. The summed E-state index contributed by atoms with van der Waals surface area (Å²) in [6.45, 7) is 9.82. The van der Waals surface area contributed by atoms with Gasteiger partial charge in [0.05, 0.1) is 6.10 Å². The van der Waals surface area contributed by atoms with E-state index in [9.17, 15) is 19.2 Å². The Labute approximate surface area is 213 Å². The second-order valence-corrected chi connectivity index (χ2v) is 12.4. The molecule has 36 heavy (non-hydrogen) atoms. The normalized spacial score (nSPS) is 43.6. The number of esters is 2. The van der Waals surface area contributed by atoms with Gasteiger partial charge >= 0.3 is 11.9 Å². The van der Waals surface area contributed by atoms with Gasteiger partial charge in [0.1, 0.15) is 18.3 Å². The Balaban J connectivity index is 1.37. The van der Waals surface area contributed by atoms with E-state index in [1.54, 1.807) is 0 Å². The van der Waals surface area contributed by atoms with Gasteiger partial charge in [0.25, 0.3) is 0 Å². The van der Waals surface area contributed by atoms with Crippen LogP contribution in [0.15, 0.2) is 11.1 Å². The minimum Gasteiger partial charge on any atom is -0.460 e. The summed E-state index contributed by atoms with van der Waals surface area (Å²) in [5.41, 5.74) is 1.86. The molecule has 3 saturated carbocycles. The molecule has 10 unspecified atom stereocenters. The smallest absolute Gasteiger partial charge is 0.333 e. The SMILES string of the molecule is CC(=O)OC1CCC(=O)C(=O)C2CCC3(C)C(C(C)C4CC(C)=C(C)C(=O)O4)CCC3C2CC2OC12. The first-order valence-electron chi connectivity index (χ1n) is 13.8. The first-order chi connectivity index (χ1) is 17.0. The van der Waals surface area contributed by atoms with E-state index < -0.39 is 6.10 Å². The van der Waals surface area contributed by atoms with E-state index in [2.05, 4.69) is 13.8 Å². The van der Waals surface area contributed by atoms with Crippen molar-refractivity contribution in [1.82, 2.24) is 0 Å². The van der Waals surface area contributed by atoms with Crippen molar-refractivity contribution in [3.63, 3.8) is 0 Å². The number of Topliss-reactive ketones (excluding diaryl/α,β-unsaturated/α-hetero) is 2. The lowest BCUT2D eigenvalue weighted by molar-refractivity contribution is -0.152. The Morgan fingerprint density at radius 1 is 1.11 bits per heavy atom. The van der Waals surface area contributed by atoms with Crippen LogP contribution in [0.2, 0.25) is 0 Å². The van der Waals surface area contributed by atoms with Crippen LogP contribution in [-0.4, -0.2) is 47.9 Å². The molecule has 0 radical (unpaired) electrons. The highest BCUT2D eigenvalue weighted by Crippen LogP contribution is 2.63. The van der Waals surface area contributed by atoms with E-state index in [-0.39, 0.29) is 71.4 Å². The van der Waals surface area contributed by atoms with Crippen LogP contribution in [-0.2, 0) is 33.4 Å². The topological polar surface area (TPSA) is 99.3 Å². The van der Waals surface area contributed by atoms with Crippen molar-refractivity contribution >= 4 is 23.5 Å². The van der Waals surface area contributed by atoms with Gasteiger partial charge in [-0.15, -0.1) is 0 Å². The molecule has 5 rings (SSSR count). The summed E-state index contributed by atoms with van der Waals surface area (Å²) in [6, 6.07) is 0. The van der Waals surface area contributed by atoms with E-state index in [0.29, 0.717) is 18.3 Å². The van der Waals surface area contributed by atoms with E-state index in [1.807, 2.05) is 13.8 Å². The Morgan fingerprint density at radius 2 is 1.86 bits per heavy atom. The van der Waals surface area contributed by atoms with Gasteiger partial charge in [-0.25, -0.2) is 4.79 Å². The molecule has 0 bridgehead atoms. The molecule has 5 aliphatic rings. The van der Waals surface area contributed by atoms with Gasteiger partial charge < -0.3 is 14.2 Å². The highest BCUT2D eigenvalue weighted by atomic mass is 16.6. The summed E-state index contributed by atoms with van der Waals surface area (Å²) in [4.78, 5) is 50.3. The molecule has 2 heterocycles. The van der Waals surface area contributed by atoms with Crippen LogP contribution >= 0.6 is 0 Å². The Bertz CT molecular complexity index is 998. The predicted octanol–water partition coefficient (Wildman–Crippen LogP) is 4.35. The number of ether oxygens (including phenoxy) is 3. The summed E-state index contributed by atoms with van der Waals surface area (Å²) < 4.78 is 17.4. The Morgan fingerprint density at radius 3 is 2.56 bits per heavy atom. The van der Waals surface area contributed by atoms with Gasteiger partial charge in [0.2, 0.25) is 5.78 Å². The third-order valence-electron chi connectivity index (χ3n) is 10.5. The third kappa shape index (κ3) is 4.35. The molecule has 0 aromatic carbocycles. The summed E-state index contributed by atoms with van der Waals surface area (Å²) >= 11 is 0. The molecule has 0 aromatic rings. The van der Waals surface area contributed by atoms with Crippen LogP contribution in [0.5, 0.6) is 0 Å². The van der Waals surface area contributed by atoms with Crippen LogP contribution in [0.1, 0.15) is 86.0 Å². The van der Waals surface area contributed by atoms with Gasteiger partial charge in [-0.3, -0.25) is 14.4 Å². The van der Waals surface area contributed by atoms with Crippen LogP contribution in [0.4, 0.5) is 0 Å². The van der Waals surface area contributed by atoms with Crippen LogP contribution in [0, 0.1) is 35.0 Å². The lowest BCUT2D eigenvalue weighted by Crippen LogP contribution is -2.48. The van der Waals surface area contributed by atoms with Crippen LogP contribution < -0.4 is 0 Å². The maximum Gasteiger partial charge on any atom is 0.333 e. The second kappa shape index (κ2) is 9.38. The predicted molar refractivity (Wildman–Crippen MR) is 131 cm³/mol. The molecule has 4 fully saturated rings. The van der Waals surface area contributed by atoms with Crippen molar-refractivity contribution < 1.29 is 33.4 Å². The van der Waals surface area contributed by atoms with Gasteiger partial charge in [-0.1, -0.05) is 19.4 Å². The molecular weight excluding hydrogens is 460 g/mol. The number of ketones is 2. The number of carbonyl (C=O) groups is 4. The number of carbonyl (C=O) groups excluding carboxylic acids is 4. The number of hydrogen-bond acceptors (Lipinski definition) is 7. The largest absolute Gasteiger partial charge is 0.460 e. The standard InChI is InChI=1S/C29H40O7/c1-14-12-24(36-28(33)15(14)2)16(3)20-6-7-21-19-13-25-27(35-25)23(34-17(4)30)9-8-22(31)26(32)18(19)10-11-29(20,21)5/h16,18-21,23-25,27H,6-13H2,1-5H3. The van der Waals surface area contributed by atoms with Crippen molar-refractivity contribution in [2.75, 3.05) is 0 Å². The van der Waals surface area contributed by atoms with Crippen LogP contribution in [0.3, 0.4) is 0 Å². The average molecular weight is 501 g/mol. The van der Waals surface area contributed by atoms with Crippen molar-refractivity contribution in [1.29, 1.82) is 0 Å². The molecule has 0 N–H and O–H groups in total. The van der Waals surface area contributed by atoms with Crippen molar-refractivity contribution in [3.05, 3.63) is 11.1 Å². The Kier molecular flexibility index (Phi) is 6.67. The second-order valence-electron chi connectivity index (χ2n) is 12.4. The molecule has 7 nitrogen and oxygen atoms in total. The minimum absolute atomic E-state index is 0.0181. The fraction of sp³-hybridized carbons (Fsp3) is 0.793. The first-order valence-corrected chi connectivity index (χ1v) is 13.8. The Hall–Kier alpha value is -2.02. The fourth-order valence-electron chi connectivity index (χ4n) is 8.34. The van der Waals surface area contributed by atoms with Gasteiger partial charge in [0.15, 0.2) is 5.78 Å². The highest BCUT2D eigenvalue weighted by molar-refractivity contribution is 6.38. The molecule has 0 spiro atoms. The maximum absolute atomic E-state index is 13.3. The summed E-state index contributed by atoms with van der Waals surface area (Å²) in [5.74, 6) is -0.400. The van der Waals surface area contributed by atoms with Gasteiger partial charge in [-0.2, -0.15) is 0 Å². The quantitative estimate of drug-likeness (QED) is 0.323. The minimum atomic E-state index is -0.465. The fourth-order valence-corrected chi connectivity index (χ4v) is 8.34. The number of hydrogen-bond donors (Lipinski definition) is 0. The van der Waals surface area contributed by atoms with E-state index in [0.717, 1.165) is 49.7 Å². The van der Waals surface area contributed by atoms with Crippen molar-refractivity contribution in [2.24, 2.45) is 35.0 Å². The molecule has 10 atom stereocenters. The number of cyclic esters (lactones) is 1. The zero-order valence-corrected chi connectivity index (χ0v) is 22.2. The molecule has 7 heteroatoms. The zero-order valence-electron chi connectivity index (χ0n) is 22.2. The van der Waals surface area contributed by atoms with Gasteiger partial charge in [0, 0.05) is 31.3 Å². The highest BCUT2D eigenvalue weighted by Gasteiger charge is 2.60. The number of rotatable bonds is 3. The molecule has 3 aliphatic carbocycles. The van der Waals surface area contributed by atoms with Crippen molar-refractivity contribution in [3.8, 4) is 0 Å². The molecule has 198 valence electrons. The van der Waals surface area contributed by atoms with E-state index in [1.165, 1.54) is 6.92 Å².